The second-order valence-corrected chi connectivity index (χ2v) is 12.8. The highest BCUT2D eigenvalue weighted by molar-refractivity contribution is 6.75. The quantitative estimate of drug-likeness (QED) is 0.476. The van der Waals surface area contributed by atoms with Crippen molar-refractivity contribution in [2.75, 3.05) is 0 Å². The monoisotopic (exact) mass is 322 g/mol. The average Bonchev–Trinajstić information content (AvgIpc) is 2.83. The topological polar surface area (TPSA) is 30.2 Å². The normalized spacial score (nSPS) is 11.8. The molecule has 0 aliphatic carbocycles. The number of carbonyl (C=O) groups is 1. The van der Waals surface area contributed by atoms with Crippen LogP contribution in [0, 0.1) is 6.92 Å². The second kappa shape index (κ2) is 5.82. The van der Waals surface area contributed by atoms with Crippen molar-refractivity contribution in [1.82, 2.24) is 0 Å². The number of hydrogen-bond donors (Lipinski definition) is 0. The average molecular weight is 322 g/mol. The molecule has 2 aromatic carbocycles. The zero-order chi connectivity index (χ0) is 16.6. The lowest BCUT2D eigenvalue weighted by molar-refractivity contribution is 0.101. The maximum Gasteiger partial charge on any atom is 0.228 e. The predicted octanol–water partition coefficient (Wildman–Crippen LogP) is 5.39. The molecule has 0 aliphatic rings. The van der Waals surface area contributed by atoms with Crippen molar-refractivity contribution < 1.29 is 9.21 Å². The van der Waals surface area contributed by atoms with Gasteiger partial charge in [-0.1, -0.05) is 62.1 Å². The summed E-state index contributed by atoms with van der Waals surface area (Å²) in [6.07, 6.45) is 0. The Bertz CT molecular complexity index is 854. The molecular weight excluding hydrogens is 300 g/mol. The maximum atomic E-state index is 12.9. The summed E-state index contributed by atoms with van der Waals surface area (Å²) in [5.74, 6) is 0.493. The van der Waals surface area contributed by atoms with Crippen molar-refractivity contribution in [1.29, 1.82) is 0 Å². The number of furan rings is 1. The molecule has 1 heterocycles. The first kappa shape index (κ1) is 15.8. The summed E-state index contributed by atoms with van der Waals surface area (Å²) in [5.41, 5.74) is 3.72. The first-order valence-corrected chi connectivity index (χ1v) is 11.7. The maximum absolute atomic E-state index is 12.9. The van der Waals surface area contributed by atoms with E-state index in [0.29, 0.717) is 11.3 Å². The molecule has 0 spiro atoms. The third-order valence-electron chi connectivity index (χ3n) is 3.90. The van der Waals surface area contributed by atoms with Gasteiger partial charge in [-0.05, 0) is 24.6 Å². The van der Waals surface area contributed by atoms with Crippen molar-refractivity contribution in [3.63, 3.8) is 0 Å². The van der Waals surface area contributed by atoms with Crippen LogP contribution in [0.2, 0.25) is 19.6 Å². The van der Waals surface area contributed by atoms with Gasteiger partial charge in [-0.25, -0.2) is 0 Å². The fraction of sp³-hybridized carbons (Fsp3) is 0.250. The molecule has 0 fully saturated rings. The minimum atomic E-state index is -1.38. The molecule has 118 valence electrons. The Morgan fingerprint density at radius 3 is 2.39 bits per heavy atom. The van der Waals surface area contributed by atoms with Gasteiger partial charge >= 0.3 is 0 Å². The Morgan fingerprint density at radius 2 is 1.74 bits per heavy atom. The summed E-state index contributed by atoms with van der Waals surface area (Å²) in [7, 11) is -1.38. The number of benzene rings is 2. The zero-order valence-electron chi connectivity index (χ0n) is 14.1. The lowest BCUT2D eigenvalue weighted by Crippen LogP contribution is -2.25. The van der Waals surface area contributed by atoms with Crippen LogP contribution in [-0.4, -0.2) is 13.9 Å². The molecule has 0 bridgehead atoms. The van der Waals surface area contributed by atoms with Crippen LogP contribution in [0.5, 0.6) is 0 Å². The van der Waals surface area contributed by atoms with E-state index in [1.165, 1.54) is 0 Å². The van der Waals surface area contributed by atoms with Gasteiger partial charge in [0.25, 0.3) is 0 Å². The van der Waals surface area contributed by atoms with Crippen LogP contribution >= 0.6 is 0 Å². The lowest BCUT2D eigenvalue weighted by Gasteiger charge is -2.15. The van der Waals surface area contributed by atoms with Gasteiger partial charge in [-0.2, -0.15) is 0 Å². The number of hydrogen-bond acceptors (Lipinski definition) is 2. The van der Waals surface area contributed by atoms with Crippen molar-refractivity contribution >= 4 is 24.8 Å². The van der Waals surface area contributed by atoms with Crippen LogP contribution in [0.4, 0.5) is 0 Å². The number of fused-ring (bicyclic) bond motifs is 1. The number of aryl methyl sites for hydroxylation is 1. The summed E-state index contributed by atoms with van der Waals surface area (Å²) >= 11 is 0. The third-order valence-corrected chi connectivity index (χ3v) is 5.31. The van der Waals surface area contributed by atoms with E-state index in [4.69, 9.17) is 4.42 Å². The Kier molecular flexibility index (Phi) is 3.98. The molecule has 0 atom stereocenters. The highest BCUT2D eigenvalue weighted by Crippen LogP contribution is 2.31. The van der Waals surface area contributed by atoms with Crippen LogP contribution in [0.15, 0.2) is 52.9 Å². The summed E-state index contributed by atoms with van der Waals surface area (Å²) < 4.78 is 6.01. The molecule has 0 unspecified atom stereocenters. The molecule has 23 heavy (non-hydrogen) atoms. The smallest absolute Gasteiger partial charge is 0.228 e. The summed E-state index contributed by atoms with van der Waals surface area (Å²) in [5, 5.41) is 1.08. The molecule has 0 amide bonds. The first-order valence-electron chi connectivity index (χ1n) is 7.97. The van der Waals surface area contributed by atoms with E-state index in [2.05, 4.69) is 31.8 Å². The van der Waals surface area contributed by atoms with E-state index < -0.39 is 8.07 Å². The molecule has 0 saturated carbocycles. The minimum Gasteiger partial charge on any atom is -0.452 e. The SMILES string of the molecule is Cc1ccc2c(C[Si](C)(C)C)c(C(=O)c3ccccc3)oc2c1. The molecule has 0 N–H and O–H groups in total. The largest absolute Gasteiger partial charge is 0.452 e. The Morgan fingerprint density at radius 1 is 1.04 bits per heavy atom. The summed E-state index contributed by atoms with van der Waals surface area (Å²) in [6, 6.07) is 16.5. The van der Waals surface area contributed by atoms with E-state index in [1.54, 1.807) is 0 Å². The van der Waals surface area contributed by atoms with Crippen LogP contribution in [0.1, 0.15) is 27.2 Å². The molecule has 0 radical (unpaired) electrons. The van der Waals surface area contributed by atoms with Crippen LogP contribution in [0.3, 0.4) is 0 Å². The molecule has 3 rings (SSSR count). The molecular formula is C20H22O2Si. The van der Waals surface area contributed by atoms with E-state index >= 15 is 0 Å². The predicted molar refractivity (Wildman–Crippen MR) is 97.9 cm³/mol. The summed E-state index contributed by atoms with van der Waals surface area (Å²) in [4.78, 5) is 12.9. The van der Waals surface area contributed by atoms with Gasteiger partial charge in [0, 0.05) is 24.6 Å². The Labute approximate surface area is 138 Å². The molecule has 0 aliphatic heterocycles. The van der Waals surface area contributed by atoms with Gasteiger partial charge in [-0.15, -0.1) is 0 Å². The second-order valence-electron chi connectivity index (χ2n) is 7.34. The van der Waals surface area contributed by atoms with Gasteiger partial charge < -0.3 is 4.42 Å². The van der Waals surface area contributed by atoms with E-state index in [1.807, 2.05) is 43.3 Å². The van der Waals surface area contributed by atoms with Crippen molar-refractivity contribution in [3.05, 3.63) is 71.0 Å². The standard InChI is InChI=1S/C20H22O2Si/c1-14-10-11-16-17(13-23(2,3)4)20(22-18(16)12-14)19(21)15-8-6-5-7-9-15/h5-12H,13H2,1-4H3. The van der Waals surface area contributed by atoms with Gasteiger partial charge in [0.15, 0.2) is 5.76 Å². The number of ketones is 1. The van der Waals surface area contributed by atoms with Crippen LogP contribution in [-0.2, 0) is 6.04 Å². The third kappa shape index (κ3) is 3.30. The fourth-order valence-electron chi connectivity index (χ4n) is 2.87. The zero-order valence-corrected chi connectivity index (χ0v) is 15.1. The Balaban J connectivity index is 2.18. The fourth-order valence-corrected chi connectivity index (χ4v) is 4.28. The number of carbonyl (C=O) groups excluding carboxylic acids is 1. The first-order chi connectivity index (χ1) is 10.8. The molecule has 0 saturated heterocycles. The lowest BCUT2D eigenvalue weighted by atomic mass is 10.0. The summed E-state index contributed by atoms with van der Waals surface area (Å²) in [6.45, 7) is 8.99. The van der Waals surface area contributed by atoms with Crippen LogP contribution in [0.25, 0.3) is 11.0 Å². The van der Waals surface area contributed by atoms with Gasteiger partial charge in [-0.3, -0.25) is 4.79 Å². The molecule has 2 nitrogen and oxygen atoms in total. The van der Waals surface area contributed by atoms with Crippen molar-refractivity contribution in [2.45, 2.75) is 32.6 Å². The Hall–Kier alpha value is -2.13. The van der Waals surface area contributed by atoms with Gasteiger partial charge in [0.1, 0.15) is 5.58 Å². The molecule has 3 aromatic rings. The van der Waals surface area contributed by atoms with E-state index in [0.717, 1.165) is 28.1 Å². The minimum absolute atomic E-state index is 0.0206. The van der Waals surface area contributed by atoms with Gasteiger partial charge in [0.2, 0.25) is 5.78 Å². The van der Waals surface area contributed by atoms with E-state index in [-0.39, 0.29) is 5.78 Å². The molecule has 1 aromatic heterocycles. The highest BCUT2D eigenvalue weighted by atomic mass is 28.3. The van der Waals surface area contributed by atoms with Crippen molar-refractivity contribution in [3.8, 4) is 0 Å². The number of rotatable bonds is 4. The highest BCUT2D eigenvalue weighted by Gasteiger charge is 2.26. The van der Waals surface area contributed by atoms with Gasteiger partial charge in [0.05, 0.1) is 0 Å². The van der Waals surface area contributed by atoms with Crippen molar-refractivity contribution in [2.24, 2.45) is 0 Å². The molecule has 3 heteroatoms. The van der Waals surface area contributed by atoms with E-state index in [9.17, 15) is 4.79 Å². The van der Waals surface area contributed by atoms with Crippen LogP contribution < -0.4 is 0 Å².